The predicted octanol–water partition coefficient (Wildman–Crippen LogP) is 1.87. The van der Waals surface area contributed by atoms with Crippen molar-refractivity contribution in [1.82, 2.24) is 5.32 Å². The zero-order chi connectivity index (χ0) is 15.5. The standard InChI is InChI=1S/C13H13F3N2O3/c14-13(15,16)7-17-12(19)6-21-11-3-1-2-8-9(11)4-5-10(8)18-20/h1-3,20H,4-7H2,(H,17,19). The van der Waals surface area contributed by atoms with Gasteiger partial charge in [0.05, 0.1) is 5.71 Å². The molecule has 5 nitrogen and oxygen atoms in total. The molecule has 2 rings (SSSR count). The molecule has 1 aliphatic rings. The van der Waals surface area contributed by atoms with Gasteiger partial charge in [0.1, 0.15) is 12.3 Å². The summed E-state index contributed by atoms with van der Waals surface area (Å²) in [5.41, 5.74) is 2.04. The van der Waals surface area contributed by atoms with Crippen molar-refractivity contribution in [3.05, 3.63) is 29.3 Å². The molecule has 8 heteroatoms. The number of oxime groups is 1. The number of benzene rings is 1. The molecule has 1 aromatic rings. The molecule has 0 bridgehead atoms. The highest BCUT2D eigenvalue weighted by molar-refractivity contribution is 6.04. The third-order valence-electron chi connectivity index (χ3n) is 3.02. The SMILES string of the molecule is O=C(COc1cccc2c1CCC2=NO)NCC(F)(F)F. The number of amides is 1. The van der Waals surface area contributed by atoms with Crippen molar-refractivity contribution in [3.8, 4) is 5.75 Å². The maximum Gasteiger partial charge on any atom is 0.405 e. The number of halogens is 3. The average Bonchev–Trinajstić information content (AvgIpc) is 2.85. The normalized spacial score (nSPS) is 15.9. The van der Waals surface area contributed by atoms with Gasteiger partial charge < -0.3 is 15.3 Å². The first kappa shape index (κ1) is 15.1. The summed E-state index contributed by atoms with van der Waals surface area (Å²) in [5, 5.41) is 13.8. The van der Waals surface area contributed by atoms with Crippen molar-refractivity contribution in [2.24, 2.45) is 5.16 Å². The van der Waals surface area contributed by atoms with Crippen molar-refractivity contribution >= 4 is 11.6 Å². The van der Waals surface area contributed by atoms with Gasteiger partial charge in [-0.3, -0.25) is 4.79 Å². The number of fused-ring (bicyclic) bond motifs is 1. The fourth-order valence-corrected chi connectivity index (χ4v) is 2.10. The Morgan fingerprint density at radius 3 is 2.81 bits per heavy atom. The number of rotatable bonds is 4. The fraction of sp³-hybridized carbons (Fsp3) is 0.385. The monoisotopic (exact) mass is 302 g/mol. The summed E-state index contributed by atoms with van der Waals surface area (Å²) in [6, 6.07) is 5.04. The highest BCUT2D eigenvalue weighted by Crippen LogP contribution is 2.30. The number of hydrogen-bond acceptors (Lipinski definition) is 4. The summed E-state index contributed by atoms with van der Waals surface area (Å²) in [4.78, 5) is 11.3. The highest BCUT2D eigenvalue weighted by atomic mass is 19.4. The van der Waals surface area contributed by atoms with E-state index in [0.717, 1.165) is 11.1 Å². The summed E-state index contributed by atoms with van der Waals surface area (Å²) < 4.78 is 41.1. The Hall–Kier alpha value is -2.25. The Kier molecular flexibility index (Phi) is 4.35. The molecule has 114 valence electrons. The molecule has 0 fully saturated rings. The molecule has 0 saturated carbocycles. The van der Waals surface area contributed by atoms with Gasteiger partial charge in [0, 0.05) is 11.1 Å². The molecule has 0 aliphatic heterocycles. The van der Waals surface area contributed by atoms with Crippen LogP contribution in [0, 0.1) is 0 Å². The van der Waals surface area contributed by atoms with E-state index >= 15 is 0 Å². The van der Waals surface area contributed by atoms with E-state index in [2.05, 4.69) is 5.16 Å². The van der Waals surface area contributed by atoms with E-state index in [9.17, 15) is 18.0 Å². The van der Waals surface area contributed by atoms with Crippen LogP contribution >= 0.6 is 0 Å². The van der Waals surface area contributed by atoms with Gasteiger partial charge in [-0.1, -0.05) is 17.3 Å². The molecule has 0 spiro atoms. The van der Waals surface area contributed by atoms with Gasteiger partial charge >= 0.3 is 6.18 Å². The molecule has 0 saturated heterocycles. The summed E-state index contributed by atoms with van der Waals surface area (Å²) in [6.45, 7) is -1.89. The van der Waals surface area contributed by atoms with E-state index in [1.165, 1.54) is 0 Å². The maximum atomic E-state index is 11.9. The molecule has 0 heterocycles. The van der Waals surface area contributed by atoms with Crippen LogP contribution in [-0.4, -0.2) is 36.2 Å². The third-order valence-corrected chi connectivity index (χ3v) is 3.02. The van der Waals surface area contributed by atoms with E-state index in [1.807, 2.05) is 0 Å². The minimum absolute atomic E-state index is 0.410. The van der Waals surface area contributed by atoms with E-state index in [4.69, 9.17) is 9.94 Å². The number of hydrogen-bond donors (Lipinski definition) is 2. The van der Waals surface area contributed by atoms with Crippen LogP contribution in [0.4, 0.5) is 13.2 Å². The van der Waals surface area contributed by atoms with Crippen LogP contribution in [0.3, 0.4) is 0 Å². The molecular weight excluding hydrogens is 289 g/mol. The molecule has 1 aliphatic carbocycles. The average molecular weight is 302 g/mol. The van der Waals surface area contributed by atoms with Crippen LogP contribution in [0.15, 0.2) is 23.4 Å². The van der Waals surface area contributed by atoms with Crippen LogP contribution in [0.25, 0.3) is 0 Å². The van der Waals surface area contributed by atoms with E-state index in [0.29, 0.717) is 24.3 Å². The second-order valence-corrected chi connectivity index (χ2v) is 4.51. The molecule has 1 aromatic carbocycles. The second-order valence-electron chi connectivity index (χ2n) is 4.51. The molecule has 0 radical (unpaired) electrons. The van der Waals surface area contributed by atoms with E-state index in [-0.39, 0.29) is 0 Å². The van der Waals surface area contributed by atoms with E-state index in [1.54, 1.807) is 23.5 Å². The molecule has 2 N–H and O–H groups in total. The number of carbonyl (C=O) groups is 1. The Morgan fingerprint density at radius 2 is 2.14 bits per heavy atom. The maximum absolute atomic E-state index is 11.9. The number of nitrogens with zero attached hydrogens (tertiary/aromatic N) is 1. The van der Waals surface area contributed by atoms with Gasteiger partial charge in [-0.2, -0.15) is 13.2 Å². The highest BCUT2D eigenvalue weighted by Gasteiger charge is 2.28. The number of alkyl halides is 3. The lowest BCUT2D eigenvalue weighted by Gasteiger charge is -2.11. The topological polar surface area (TPSA) is 70.9 Å². The van der Waals surface area contributed by atoms with Crippen LogP contribution in [0.1, 0.15) is 17.5 Å². The van der Waals surface area contributed by atoms with Crippen molar-refractivity contribution < 1.29 is 27.9 Å². The van der Waals surface area contributed by atoms with Gasteiger partial charge in [-0.25, -0.2) is 0 Å². The number of nitrogens with one attached hydrogen (secondary N) is 1. The molecule has 0 unspecified atom stereocenters. The minimum atomic E-state index is -4.45. The lowest BCUT2D eigenvalue weighted by molar-refractivity contribution is -0.139. The lowest BCUT2D eigenvalue weighted by atomic mass is 10.1. The van der Waals surface area contributed by atoms with Gasteiger partial charge in [0.15, 0.2) is 6.61 Å². The smallest absolute Gasteiger partial charge is 0.405 e. The Labute approximate surface area is 118 Å². The van der Waals surface area contributed by atoms with Crippen LogP contribution in [0.5, 0.6) is 5.75 Å². The molecular formula is C13H13F3N2O3. The summed E-state index contributed by atoms with van der Waals surface area (Å²) in [5.74, 6) is -0.438. The summed E-state index contributed by atoms with van der Waals surface area (Å²) in [6.07, 6.45) is -3.31. The van der Waals surface area contributed by atoms with Crippen molar-refractivity contribution in [1.29, 1.82) is 0 Å². The minimum Gasteiger partial charge on any atom is -0.483 e. The van der Waals surface area contributed by atoms with Crippen molar-refractivity contribution in [2.45, 2.75) is 19.0 Å². The second kappa shape index (κ2) is 6.02. The Morgan fingerprint density at radius 1 is 1.38 bits per heavy atom. The largest absolute Gasteiger partial charge is 0.483 e. The summed E-state index contributed by atoms with van der Waals surface area (Å²) >= 11 is 0. The first-order valence-corrected chi connectivity index (χ1v) is 6.20. The molecule has 21 heavy (non-hydrogen) atoms. The Bertz CT molecular complexity index is 570. The van der Waals surface area contributed by atoms with Crippen LogP contribution in [-0.2, 0) is 11.2 Å². The first-order chi connectivity index (χ1) is 9.90. The van der Waals surface area contributed by atoms with Crippen LogP contribution in [0.2, 0.25) is 0 Å². The molecule has 1 amide bonds. The van der Waals surface area contributed by atoms with Gasteiger partial charge in [-0.15, -0.1) is 0 Å². The number of carbonyl (C=O) groups excluding carboxylic acids is 1. The quantitative estimate of drug-likeness (QED) is 0.659. The predicted molar refractivity (Wildman–Crippen MR) is 67.6 cm³/mol. The van der Waals surface area contributed by atoms with Gasteiger partial charge in [-0.05, 0) is 18.9 Å². The van der Waals surface area contributed by atoms with Crippen molar-refractivity contribution in [3.63, 3.8) is 0 Å². The van der Waals surface area contributed by atoms with Crippen LogP contribution < -0.4 is 10.1 Å². The summed E-state index contributed by atoms with van der Waals surface area (Å²) in [7, 11) is 0. The van der Waals surface area contributed by atoms with Gasteiger partial charge in [0.2, 0.25) is 0 Å². The zero-order valence-corrected chi connectivity index (χ0v) is 10.9. The molecule has 0 aromatic heterocycles. The third kappa shape index (κ3) is 3.87. The van der Waals surface area contributed by atoms with Gasteiger partial charge in [0.25, 0.3) is 5.91 Å². The molecule has 0 atom stereocenters. The van der Waals surface area contributed by atoms with Crippen molar-refractivity contribution in [2.75, 3.05) is 13.2 Å². The van der Waals surface area contributed by atoms with E-state index < -0.39 is 25.2 Å². The first-order valence-electron chi connectivity index (χ1n) is 6.20. The number of ether oxygens (including phenoxy) is 1. The lowest BCUT2D eigenvalue weighted by Crippen LogP contribution is -2.36. The fourth-order valence-electron chi connectivity index (χ4n) is 2.10. The Balaban J connectivity index is 1.96. The zero-order valence-electron chi connectivity index (χ0n) is 10.9.